The molecule has 1 aromatic heterocycles. The number of rotatable bonds is 4. The average molecular weight is 271 g/mol. The number of hydrogen-bond acceptors (Lipinski definition) is 4. The Morgan fingerprint density at radius 2 is 2.11 bits per heavy atom. The molecule has 0 spiro atoms. The summed E-state index contributed by atoms with van der Waals surface area (Å²) in [4.78, 5) is 18.9. The first-order valence-corrected chi connectivity index (χ1v) is 6.97. The molecule has 1 N–H and O–H groups in total. The zero-order valence-electron chi connectivity index (χ0n) is 10.5. The maximum Gasteiger partial charge on any atom is 0.270 e. The smallest absolute Gasteiger partial charge is 0.270 e. The van der Waals surface area contributed by atoms with Crippen LogP contribution >= 0.6 is 11.8 Å². The van der Waals surface area contributed by atoms with Crippen LogP contribution in [-0.4, -0.2) is 15.7 Å². The fraction of sp³-hybridized carbons (Fsp3) is 0.214. The third-order valence-electron chi connectivity index (χ3n) is 2.50. The largest absolute Gasteiger partial charge is 0.300 e. The third-order valence-corrected chi connectivity index (χ3v) is 3.58. The summed E-state index contributed by atoms with van der Waals surface area (Å²) in [6.45, 7) is 2.06. The minimum atomic E-state index is -0.380. The SMILES string of the molecule is CCCSc1nc(-c2ccccc2)c(C#N)c(=O)[nH]1. The number of aromatic nitrogens is 2. The van der Waals surface area contributed by atoms with E-state index in [1.807, 2.05) is 36.4 Å². The second-order valence-electron chi connectivity index (χ2n) is 3.92. The number of aromatic amines is 1. The Morgan fingerprint density at radius 1 is 1.37 bits per heavy atom. The summed E-state index contributed by atoms with van der Waals surface area (Å²) >= 11 is 1.49. The fourth-order valence-corrected chi connectivity index (χ4v) is 2.35. The molecule has 0 aliphatic rings. The van der Waals surface area contributed by atoms with Crippen molar-refractivity contribution in [2.45, 2.75) is 18.5 Å². The first-order chi connectivity index (χ1) is 9.26. The number of nitriles is 1. The number of nitrogens with zero attached hydrogens (tertiary/aromatic N) is 2. The van der Waals surface area contributed by atoms with Crippen LogP contribution in [-0.2, 0) is 0 Å². The first-order valence-electron chi connectivity index (χ1n) is 5.99. The van der Waals surface area contributed by atoms with E-state index in [0.717, 1.165) is 17.7 Å². The molecular weight excluding hydrogens is 258 g/mol. The van der Waals surface area contributed by atoms with Gasteiger partial charge in [-0.25, -0.2) is 4.98 Å². The number of H-pyrrole nitrogens is 1. The van der Waals surface area contributed by atoms with Crippen LogP contribution in [0.15, 0.2) is 40.3 Å². The van der Waals surface area contributed by atoms with Crippen LogP contribution in [0.4, 0.5) is 0 Å². The van der Waals surface area contributed by atoms with E-state index in [0.29, 0.717) is 10.9 Å². The second kappa shape index (κ2) is 6.21. The van der Waals surface area contributed by atoms with E-state index in [1.165, 1.54) is 11.8 Å². The van der Waals surface area contributed by atoms with Gasteiger partial charge in [-0.1, -0.05) is 49.0 Å². The second-order valence-corrected chi connectivity index (χ2v) is 5.00. The first kappa shape index (κ1) is 13.4. The van der Waals surface area contributed by atoms with E-state index in [-0.39, 0.29) is 11.1 Å². The molecule has 0 atom stereocenters. The number of hydrogen-bond donors (Lipinski definition) is 1. The standard InChI is InChI=1S/C14H13N3OS/c1-2-8-19-14-16-12(10-6-4-3-5-7-10)11(9-15)13(18)17-14/h3-7H,2,8H2,1H3,(H,16,17,18). The van der Waals surface area contributed by atoms with Crippen molar-refractivity contribution in [3.63, 3.8) is 0 Å². The fourth-order valence-electron chi connectivity index (χ4n) is 1.63. The molecule has 2 rings (SSSR count). The van der Waals surface area contributed by atoms with Gasteiger partial charge in [-0.05, 0) is 6.42 Å². The summed E-state index contributed by atoms with van der Waals surface area (Å²) < 4.78 is 0. The topological polar surface area (TPSA) is 69.5 Å². The van der Waals surface area contributed by atoms with Crippen molar-refractivity contribution in [1.29, 1.82) is 5.26 Å². The van der Waals surface area contributed by atoms with Crippen molar-refractivity contribution in [1.82, 2.24) is 9.97 Å². The maximum absolute atomic E-state index is 11.9. The minimum Gasteiger partial charge on any atom is -0.300 e. The quantitative estimate of drug-likeness (QED) is 0.685. The van der Waals surface area contributed by atoms with Crippen molar-refractivity contribution >= 4 is 11.8 Å². The monoisotopic (exact) mass is 271 g/mol. The van der Waals surface area contributed by atoms with Gasteiger partial charge in [0.25, 0.3) is 5.56 Å². The normalized spacial score (nSPS) is 10.1. The van der Waals surface area contributed by atoms with Crippen LogP contribution in [0.2, 0.25) is 0 Å². The number of thioether (sulfide) groups is 1. The lowest BCUT2D eigenvalue weighted by Gasteiger charge is -2.05. The molecule has 0 aliphatic heterocycles. The third kappa shape index (κ3) is 3.04. The zero-order valence-corrected chi connectivity index (χ0v) is 11.3. The maximum atomic E-state index is 11.9. The highest BCUT2D eigenvalue weighted by molar-refractivity contribution is 7.99. The number of nitrogens with one attached hydrogen (secondary N) is 1. The predicted molar refractivity (Wildman–Crippen MR) is 76.0 cm³/mol. The summed E-state index contributed by atoms with van der Waals surface area (Å²) in [7, 11) is 0. The Morgan fingerprint density at radius 3 is 2.74 bits per heavy atom. The molecule has 0 saturated carbocycles. The molecule has 0 bridgehead atoms. The molecule has 0 fully saturated rings. The summed E-state index contributed by atoms with van der Waals surface area (Å²) in [5.74, 6) is 0.878. The molecule has 0 aliphatic carbocycles. The minimum absolute atomic E-state index is 0.0621. The molecule has 4 nitrogen and oxygen atoms in total. The van der Waals surface area contributed by atoms with Gasteiger partial charge in [0, 0.05) is 11.3 Å². The van der Waals surface area contributed by atoms with E-state index in [9.17, 15) is 4.79 Å². The van der Waals surface area contributed by atoms with Gasteiger partial charge in [-0.15, -0.1) is 0 Å². The van der Waals surface area contributed by atoms with Gasteiger partial charge in [-0.3, -0.25) is 4.79 Å². The van der Waals surface area contributed by atoms with Crippen molar-refractivity contribution in [2.24, 2.45) is 0 Å². The molecule has 19 heavy (non-hydrogen) atoms. The zero-order chi connectivity index (χ0) is 13.7. The number of benzene rings is 1. The molecule has 0 radical (unpaired) electrons. The molecule has 0 saturated heterocycles. The van der Waals surface area contributed by atoms with Gasteiger partial charge >= 0.3 is 0 Å². The molecular formula is C14H13N3OS. The predicted octanol–water partition coefficient (Wildman–Crippen LogP) is 2.81. The summed E-state index contributed by atoms with van der Waals surface area (Å²) in [6, 6.07) is 11.2. The van der Waals surface area contributed by atoms with Crippen LogP contribution in [0.25, 0.3) is 11.3 Å². The van der Waals surface area contributed by atoms with Gasteiger partial charge in [0.05, 0.1) is 5.69 Å². The molecule has 1 heterocycles. The Kier molecular flexibility index (Phi) is 4.37. The lowest BCUT2D eigenvalue weighted by molar-refractivity contribution is 0.931. The van der Waals surface area contributed by atoms with E-state index in [1.54, 1.807) is 0 Å². The Hall–Kier alpha value is -2.06. The van der Waals surface area contributed by atoms with Gasteiger partial charge in [0.1, 0.15) is 11.6 Å². The Labute approximate surface area is 115 Å². The van der Waals surface area contributed by atoms with Crippen molar-refractivity contribution < 1.29 is 0 Å². The Balaban J connectivity index is 2.55. The van der Waals surface area contributed by atoms with E-state index < -0.39 is 0 Å². The van der Waals surface area contributed by atoms with Crippen LogP contribution < -0.4 is 5.56 Å². The average Bonchev–Trinajstić information content (AvgIpc) is 2.45. The van der Waals surface area contributed by atoms with Gasteiger partial charge in [-0.2, -0.15) is 5.26 Å². The highest BCUT2D eigenvalue weighted by Crippen LogP contribution is 2.21. The summed E-state index contributed by atoms with van der Waals surface area (Å²) in [5, 5.41) is 9.67. The molecule has 0 amide bonds. The van der Waals surface area contributed by atoms with Crippen molar-refractivity contribution in [3.8, 4) is 17.3 Å². The van der Waals surface area contributed by atoms with Crippen molar-refractivity contribution in [2.75, 3.05) is 5.75 Å². The summed E-state index contributed by atoms with van der Waals surface area (Å²) in [5.41, 5.74) is 0.913. The molecule has 2 aromatic rings. The van der Waals surface area contributed by atoms with Gasteiger partial charge < -0.3 is 4.98 Å². The van der Waals surface area contributed by atoms with Gasteiger partial charge in [0.2, 0.25) is 0 Å². The summed E-state index contributed by atoms with van der Waals surface area (Å²) in [6.07, 6.45) is 0.995. The van der Waals surface area contributed by atoms with E-state index in [4.69, 9.17) is 5.26 Å². The van der Waals surface area contributed by atoms with Crippen molar-refractivity contribution in [3.05, 3.63) is 46.2 Å². The lowest BCUT2D eigenvalue weighted by Crippen LogP contribution is -2.14. The van der Waals surface area contributed by atoms with Crippen LogP contribution in [0.3, 0.4) is 0 Å². The molecule has 1 aromatic carbocycles. The molecule has 0 unspecified atom stereocenters. The molecule has 5 heteroatoms. The van der Waals surface area contributed by atoms with Crippen LogP contribution in [0.1, 0.15) is 18.9 Å². The van der Waals surface area contributed by atoms with E-state index in [2.05, 4.69) is 16.9 Å². The highest BCUT2D eigenvalue weighted by atomic mass is 32.2. The van der Waals surface area contributed by atoms with Gasteiger partial charge in [0.15, 0.2) is 5.16 Å². The lowest BCUT2D eigenvalue weighted by atomic mass is 10.1. The van der Waals surface area contributed by atoms with Crippen LogP contribution in [0, 0.1) is 11.3 Å². The highest BCUT2D eigenvalue weighted by Gasteiger charge is 2.12. The molecule has 96 valence electrons. The Bertz CT molecular complexity index is 659. The van der Waals surface area contributed by atoms with Crippen LogP contribution in [0.5, 0.6) is 0 Å². The van der Waals surface area contributed by atoms with E-state index >= 15 is 0 Å².